The molecule has 0 saturated carbocycles. The first-order valence-electron chi connectivity index (χ1n) is 14.3. The van der Waals surface area contributed by atoms with Gasteiger partial charge in [-0.05, 0) is 71.4 Å². The Morgan fingerprint density at radius 3 is 2.25 bits per heavy atom. The van der Waals surface area contributed by atoms with Gasteiger partial charge in [-0.2, -0.15) is 0 Å². The Balaban J connectivity index is 1.52. The summed E-state index contributed by atoms with van der Waals surface area (Å²) >= 11 is 0. The summed E-state index contributed by atoms with van der Waals surface area (Å²) in [6, 6.07) is 13.0. The van der Waals surface area contributed by atoms with Crippen LogP contribution in [0.2, 0.25) is 0 Å². The number of hydrogen-bond donors (Lipinski definition) is 1. The van der Waals surface area contributed by atoms with Crippen LogP contribution in [0.25, 0.3) is 11.4 Å². The average molecular weight is 541 g/mol. The highest BCUT2D eigenvalue weighted by Gasteiger charge is 2.26. The lowest BCUT2D eigenvalue weighted by Crippen LogP contribution is -2.47. The zero-order chi connectivity index (χ0) is 28.2. The number of tetrazole rings is 1. The van der Waals surface area contributed by atoms with Crippen LogP contribution in [0.3, 0.4) is 0 Å². The van der Waals surface area contributed by atoms with Gasteiger partial charge in [0.15, 0.2) is 5.82 Å². The maximum atomic E-state index is 6.49. The molecule has 40 heavy (non-hydrogen) atoms. The lowest BCUT2D eigenvalue weighted by Gasteiger charge is -2.36. The Labute approximate surface area is 237 Å². The summed E-state index contributed by atoms with van der Waals surface area (Å²) in [7, 11) is 0. The van der Waals surface area contributed by atoms with Gasteiger partial charge in [0.1, 0.15) is 18.2 Å². The van der Waals surface area contributed by atoms with E-state index >= 15 is 0 Å². The van der Waals surface area contributed by atoms with Crippen molar-refractivity contribution in [3.05, 3.63) is 69.9 Å². The first kappa shape index (κ1) is 27.6. The summed E-state index contributed by atoms with van der Waals surface area (Å²) in [5.74, 6) is 3.79. The predicted octanol–water partition coefficient (Wildman–Crippen LogP) is 5.43. The van der Waals surface area contributed by atoms with Crippen LogP contribution in [0.5, 0.6) is 5.75 Å². The van der Waals surface area contributed by atoms with Crippen molar-refractivity contribution in [2.75, 3.05) is 36.0 Å². The van der Waals surface area contributed by atoms with Gasteiger partial charge in [-0.25, -0.2) is 15.1 Å². The van der Waals surface area contributed by atoms with Crippen molar-refractivity contribution in [1.29, 1.82) is 0 Å². The van der Waals surface area contributed by atoms with E-state index in [1.807, 2.05) is 0 Å². The lowest BCUT2D eigenvalue weighted by molar-refractivity contribution is 0.302. The van der Waals surface area contributed by atoms with Gasteiger partial charge in [0, 0.05) is 31.7 Å². The van der Waals surface area contributed by atoms with Crippen LogP contribution in [-0.2, 0) is 19.4 Å². The van der Waals surface area contributed by atoms with Gasteiger partial charge in [0.25, 0.3) is 0 Å². The van der Waals surface area contributed by atoms with E-state index in [0.717, 1.165) is 78.8 Å². The lowest BCUT2D eigenvalue weighted by atomic mass is 9.96. The Morgan fingerprint density at radius 2 is 1.62 bits per heavy atom. The van der Waals surface area contributed by atoms with Crippen LogP contribution < -0.4 is 14.5 Å². The fraction of sp³-hybridized carbons (Fsp3) is 0.452. The fourth-order valence-corrected chi connectivity index (χ4v) is 5.35. The van der Waals surface area contributed by atoms with Gasteiger partial charge in [-0.1, -0.05) is 63.1 Å². The Kier molecular flexibility index (Phi) is 8.28. The van der Waals surface area contributed by atoms with E-state index in [4.69, 9.17) is 14.7 Å². The summed E-state index contributed by atoms with van der Waals surface area (Å²) < 4.78 is 6.49. The minimum atomic E-state index is 0.409. The van der Waals surface area contributed by atoms with Crippen molar-refractivity contribution in [1.82, 2.24) is 30.6 Å². The number of nitrogens with one attached hydrogen (secondary N) is 1. The first-order chi connectivity index (χ1) is 19.4. The molecule has 9 nitrogen and oxygen atoms in total. The zero-order valence-corrected chi connectivity index (χ0v) is 24.5. The second-order valence-electron chi connectivity index (χ2n) is 10.8. The number of piperazine rings is 1. The molecule has 0 atom stereocenters. The monoisotopic (exact) mass is 540 g/mol. The Bertz CT molecular complexity index is 1420. The third-order valence-corrected chi connectivity index (χ3v) is 7.88. The molecule has 9 heteroatoms. The van der Waals surface area contributed by atoms with E-state index in [1.54, 1.807) is 0 Å². The number of aryl methyl sites for hydroxylation is 4. The SMILES string of the molecule is CCc1cccc(CC)c1-c1nc(C)c(COc2cc(C(C)C)ccc2C)c(N2CCN(c3nnn[nH]3)CC2)n1. The highest BCUT2D eigenvalue weighted by molar-refractivity contribution is 5.68. The van der Waals surface area contributed by atoms with Gasteiger partial charge < -0.3 is 14.5 Å². The molecule has 5 rings (SSSR count). The summed E-state index contributed by atoms with van der Waals surface area (Å²) in [6.07, 6.45) is 1.86. The molecule has 0 amide bonds. The largest absolute Gasteiger partial charge is 0.488 e. The minimum absolute atomic E-state index is 0.409. The molecule has 1 saturated heterocycles. The standard InChI is InChI=1S/C31H40N8O/c1-7-23-10-9-11-24(8-2)28(23)29-32-22(6)26(19-40-27-18-25(20(3)4)13-12-21(27)5)30(33-29)38-14-16-39(17-15-38)31-34-36-37-35-31/h9-13,18,20H,7-8,14-17,19H2,1-6H3,(H,34,35,36,37). The van der Waals surface area contributed by atoms with Crippen LogP contribution in [0.4, 0.5) is 11.8 Å². The van der Waals surface area contributed by atoms with E-state index in [2.05, 4.69) is 108 Å². The highest BCUT2D eigenvalue weighted by atomic mass is 16.5. The molecule has 4 aromatic rings. The number of aromatic nitrogens is 6. The molecule has 3 heterocycles. The molecule has 0 radical (unpaired) electrons. The predicted molar refractivity (Wildman–Crippen MR) is 159 cm³/mol. The topological polar surface area (TPSA) is 96.0 Å². The minimum Gasteiger partial charge on any atom is -0.488 e. The van der Waals surface area contributed by atoms with E-state index in [9.17, 15) is 0 Å². The van der Waals surface area contributed by atoms with E-state index < -0.39 is 0 Å². The molecule has 210 valence electrons. The Hall–Kier alpha value is -4.01. The maximum absolute atomic E-state index is 6.49. The number of anilines is 2. The third kappa shape index (κ3) is 5.64. The van der Waals surface area contributed by atoms with Crippen molar-refractivity contribution >= 4 is 11.8 Å². The number of benzene rings is 2. The van der Waals surface area contributed by atoms with E-state index in [-0.39, 0.29) is 0 Å². The summed E-state index contributed by atoms with van der Waals surface area (Å²) in [4.78, 5) is 14.9. The molecule has 0 aliphatic carbocycles. The van der Waals surface area contributed by atoms with E-state index in [0.29, 0.717) is 18.5 Å². The van der Waals surface area contributed by atoms with Crippen molar-refractivity contribution in [2.45, 2.75) is 66.9 Å². The Morgan fingerprint density at radius 1 is 0.925 bits per heavy atom. The van der Waals surface area contributed by atoms with Crippen LogP contribution in [-0.4, -0.2) is 56.8 Å². The van der Waals surface area contributed by atoms with Crippen molar-refractivity contribution in [3.63, 3.8) is 0 Å². The normalized spacial score (nSPS) is 13.8. The van der Waals surface area contributed by atoms with Crippen LogP contribution in [0.1, 0.15) is 67.1 Å². The maximum Gasteiger partial charge on any atom is 0.243 e. The van der Waals surface area contributed by atoms with E-state index in [1.165, 1.54) is 16.7 Å². The number of H-pyrrole nitrogens is 1. The van der Waals surface area contributed by atoms with Gasteiger partial charge in [0.05, 0.1) is 11.3 Å². The second-order valence-corrected chi connectivity index (χ2v) is 10.8. The summed E-state index contributed by atoms with van der Waals surface area (Å²) in [5, 5.41) is 14.5. The number of aromatic amines is 1. The third-order valence-electron chi connectivity index (χ3n) is 7.88. The summed E-state index contributed by atoms with van der Waals surface area (Å²) in [6.45, 7) is 16.5. The molecule has 1 aliphatic rings. The van der Waals surface area contributed by atoms with Gasteiger partial charge in [-0.15, -0.1) is 0 Å². The smallest absolute Gasteiger partial charge is 0.243 e. The molecule has 2 aromatic heterocycles. The quantitative estimate of drug-likeness (QED) is 0.300. The fourth-order valence-electron chi connectivity index (χ4n) is 5.35. The molecular formula is C31H40N8O. The van der Waals surface area contributed by atoms with Crippen LogP contribution >= 0.6 is 0 Å². The molecule has 0 bridgehead atoms. The molecule has 0 unspecified atom stereocenters. The summed E-state index contributed by atoms with van der Waals surface area (Å²) in [5.41, 5.74) is 8.09. The number of rotatable bonds is 9. The van der Waals surface area contributed by atoms with Crippen molar-refractivity contribution in [2.24, 2.45) is 0 Å². The number of ether oxygens (including phenoxy) is 1. The van der Waals surface area contributed by atoms with Gasteiger partial charge in [0.2, 0.25) is 5.95 Å². The second kappa shape index (κ2) is 12.0. The number of nitrogens with zero attached hydrogens (tertiary/aromatic N) is 7. The van der Waals surface area contributed by atoms with Crippen molar-refractivity contribution in [3.8, 4) is 17.1 Å². The zero-order valence-electron chi connectivity index (χ0n) is 24.5. The highest BCUT2D eigenvalue weighted by Crippen LogP contribution is 2.32. The molecular weight excluding hydrogens is 500 g/mol. The first-order valence-corrected chi connectivity index (χ1v) is 14.3. The van der Waals surface area contributed by atoms with Crippen LogP contribution in [0, 0.1) is 13.8 Å². The van der Waals surface area contributed by atoms with Gasteiger partial charge in [-0.3, -0.25) is 0 Å². The molecule has 2 aromatic carbocycles. The average Bonchev–Trinajstić information content (AvgIpc) is 3.51. The van der Waals surface area contributed by atoms with Crippen molar-refractivity contribution < 1.29 is 4.74 Å². The molecule has 1 N–H and O–H groups in total. The molecule has 1 aliphatic heterocycles. The van der Waals surface area contributed by atoms with Crippen LogP contribution in [0.15, 0.2) is 36.4 Å². The molecule has 1 fully saturated rings. The number of hydrogen-bond acceptors (Lipinski definition) is 8. The van der Waals surface area contributed by atoms with Gasteiger partial charge >= 0.3 is 0 Å². The molecule has 0 spiro atoms.